The average Bonchev–Trinajstić information content (AvgIpc) is 2.34. The number of hydrogen-bond acceptors (Lipinski definition) is 2. The molecule has 2 atom stereocenters. The van der Waals surface area contributed by atoms with E-state index in [1.165, 1.54) is 0 Å². The number of allylic oxidation sites excluding steroid dienone is 2. The highest BCUT2D eigenvalue weighted by Gasteiger charge is 2.13. The molecule has 0 amide bonds. The third-order valence-electron chi connectivity index (χ3n) is 3.01. The molecule has 100 valence electrons. The molecule has 0 heterocycles. The Bertz CT molecular complexity index is 204. The van der Waals surface area contributed by atoms with E-state index in [-0.39, 0.29) is 12.6 Å². The van der Waals surface area contributed by atoms with Crippen LogP contribution in [0.2, 0.25) is 0 Å². The number of unbranched alkanes of at least 4 members (excludes halogenated alkanes) is 1. The molecule has 2 nitrogen and oxygen atoms in total. The van der Waals surface area contributed by atoms with Crippen molar-refractivity contribution >= 4 is 6.72 Å². The Morgan fingerprint density at radius 2 is 2.18 bits per heavy atom. The van der Waals surface area contributed by atoms with Crippen LogP contribution in [-0.4, -0.2) is 26.6 Å². The second kappa shape index (κ2) is 11.8. The lowest BCUT2D eigenvalue weighted by Gasteiger charge is -2.17. The average molecular weight is 242 g/mol. The minimum atomic E-state index is -0.240. The van der Waals surface area contributed by atoms with E-state index in [1.807, 2.05) is 6.08 Å². The van der Waals surface area contributed by atoms with E-state index >= 15 is 0 Å². The van der Waals surface area contributed by atoms with Gasteiger partial charge in [-0.2, -0.15) is 0 Å². The summed E-state index contributed by atoms with van der Waals surface area (Å²) in [5.41, 5.74) is 0. The molecule has 0 spiro atoms. The molecule has 0 bridgehead atoms. The van der Waals surface area contributed by atoms with Gasteiger partial charge in [-0.25, -0.2) is 0 Å². The van der Waals surface area contributed by atoms with Crippen molar-refractivity contribution < 1.29 is 4.39 Å². The molecule has 0 radical (unpaired) electrons. The van der Waals surface area contributed by atoms with E-state index in [9.17, 15) is 4.39 Å². The first-order chi connectivity index (χ1) is 8.26. The smallest absolute Gasteiger partial charge is 0.0959 e. The molecule has 0 aliphatic rings. The molecule has 0 fully saturated rings. The number of nitrogens with one attached hydrogen (secondary N) is 1. The Morgan fingerprint density at radius 3 is 2.76 bits per heavy atom. The van der Waals surface area contributed by atoms with Gasteiger partial charge in [0, 0.05) is 5.92 Å². The standard InChI is InChI=1S/C14H27FN2/c1-4-5-9-14(11-15)13(2)8-6-7-10-17-12-16-3/h5,9,13-14,17H,3-4,6-8,10-12H2,1-2H3. The Morgan fingerprint density at radius 1 is 1.41 bits per heavy atom. The van der Waals surface area contributed by atoms with Crippen LogP contribution in [-0.2, 0) is 0 Å². The number of nitrogens with zero attached hydrogens (tertiary/aromatic N) is 1. The second-order valence-electron chi connectivity index (χ2n) is 4.51. The maximum Gasteiger partial charge on any atom is 0.0959 e. The van der Waals surface area contributed by atoms with Crippen LogP contribution in [0, 0.1) is 11.8 Å². The summed E-state index contributed by atoms with van der Waals surface area (Å²) in [6, 6.07) is 0. The van der Waals surface area contributed by atoms with Crippen LogP contribution in [0.25, 0.3) is 0 Å². The van der Waals surface area contributed by atoms with Crippen LogP contribution in [0.4, 0.5) is 4.39 Å². The van der Waals surface area contributed by atoms with Crippen LogP contribution < -0.4 is 5.32 Å². The van der Waals surface area contributed by atoms with Crippen molar-refractivity contribution in [1.82, 2.24) is 5.32 Å². The Hall–Kier alpha value is -0.700. The van der Waals surface area contributed by atoms with Gasteiger partial charge in [0.25, 0.3) is 0 Å². The Kier molecular flexibility index (Phi) is 11.3. The van der Waals surface area contributed by atoms with E-state index in [0.29, 0.717) is 12.6 Å². The van der Waals surface area contributed by atoms with Crippen molar-refractivity contribution in [2.45, 2.75) is 39.5 Å². The van der Waals surface area contributed by atoms with E-state index in [1.54, 1.807) is 0 Å². The monoisotopic (exact) mass is 242 g/mol. The second-order valence-corrected chi connectivity index (χ2v) is 4.51. The van der Waals surface area contributed by atoms with Crippen molar-refractivity contribution in [3.8, 4) is 0 Å². The Balaban J connectivity index is 3.63. The molecule has 0 rings (SSSR count). The van der Waals surface area contributed by atoms with Crippen LogP contribution in [0.1, 0.15) is 39.5 Å². The maximum atomic E-state index is 12.8. The Labute approximate surface area is 105 Å². The van der Waals surface area contributed by atoms with E-state index in [4.69, 9.17) is 0 Å². The summed E-state index contributed by atoms with van der Waals surface area (Å²) in [5, 5.41) is 3.17. The molecule has 0 aromatic heterocycles. The fraction of sp³-hybridized carbons (Fsp3) is 0.786. The SMILES string of the molecule is C=NCNCCCCC(C)C(C=CCC)CF. The van der Waals surface area contributed by atoms with Gasteiger partial charge < -0.3 is 0 Å². The number of alkyl halides is 1. The molecule has 1 N–H and O–H groups in total. The zero-order valence-corrected chi connectivity index (χ0v) is 11.3. The minimum Gasteiger partial charge on any atom is -0.298 e. The molecule has 0 aliphatic heterocycles. The molecular formula is C14H27FN2. The summed E-state index contributed by atoms with van der Waals surface area (Å²) in [5.74, 6) is 0.526. The summed E-state index contributed by atoms with van der Waals surface area (Å²) >= 11 is 0. The van der Waals surface area contributed by atoms with Crippen molar-refractivity contribution in [3.63, 3.8) is 0 Å². The van der Waals surface area contributed by atoms with Crippen molar-refractivity contribution in [1.29, 1.82) is 0 Å². The third-order valence-corrected chi connectivity index (χ3v) is 3.01. The van der Waals surface area contributed by atoms with Crippen LogP contribution >= 0.6 is 0 Å². The highest BCUT2D eigenvalue weighted by Crippen LogP contribution is 2.20. The zero-order valence-electron chi connectivity index (χ0n) is 11.3. The number of aliphatic imine (C=N–C) groups is 1. The van der Waals surface area contributed by atoms with E-state index in [2.05, 4.69) is 37.0 Å². The van der Waals surface area contributed by atoms with Gasteiger partial charge in [-0.1, -0.05) is 38.8 Å². The van der Waals surface area contributed by atoms with E-state index < -0.39 is 0 Å². The topological polar surface area (TPSA) is 24.4 Å². The van der Waals surface area contributed by atoms with Crippen LogP contribution in [0.5, 0.6) is 0 Å². The fourth-order valence-electron chi connectivity index (χ4n) is 1.79. The normalized spacial score (nSPS) is 15.0. The first-order valence-corrected chi connectivity index (χ1v) is 6.62. The molecule has 17 heavy (non-hydrogen) atoms. The van der Waals surface area contributed by atoms with Crippen LogP contribution in [0.15, 0.2) is 17.1 Å². The van der Waals surface area contributed by atoms with Gasteiger partial charge in [-0.05, 0) is 32.0 Å². The van der Waals surface area contributed by atoms with Crippen molar-refractivity contribution in [3.05, 3.63) is 12.2 Å². The predicted molar refractivity (Wildman–Crippen MR) is 74.3 cm³/mol. The minimum absolute atomic E-state index is 0.0951. The van der Waals surface area contributed by atoms with Gasteiger partial charge in [0.1, 0.15) is 0 Å². The predicted octanol–water partition coefficient (Wildman–Crippen LogP) is 3.59. The van der Waals surface area contributed by atoms with E-state index in [0.717, 1.165) is 32.2 Å². The molecular weight excluding hydrogens is 215 g/mol. The molecule has 2 unspecified atom stereocenters. The molecule has 0 saturated heterocycles. The molecule has 0 saturated carbocycles. The fourth-order valence-corrected chi connectivity index (χ4v) is 1.79. The first-order valence-electron chi connectivity index (χ1n) is 6.62. The summed E-state index contributed by atoms with van der Waals surface area (Å²) < 4.78 is 12.8. The van der Waals surface area contributed by atoms with Gasteiger partial charge in [-0.3, -0.25) is 14.7 Å². The van der Waals surface area contributed by atoms with Gasteiger partial charge in [0.15, 0.2) is 0 Å². The van der Waals surface area contributed by atoms with Gasteiger partial charge in [-0.15, -0.1) is 0 Å². The zero-order chi connectivity index (χ0) is 12.9. The number of hydrogen-bond donors (Lipinski definition) is 1. The van der Waals surface area contributed by atoms with Gasteiger partial charge >= 0.3 is 0 Å². The largest absolute Gasteiger partial charge is 0.298 e. The summed E-state index contributed by atoms with van der Waals surface area (Å²) in [7, 11) is 0. The maximum absolute atomic E-state index is 12.8. The number of halogens is 1. The lowest BCUT2D eigenvalue weighted by atomic mass is 9.90. The lowest BCUT2D eigenvalue weighted by molar-refractivity contribution is 0.306. The summed E-state index contributed by atoms with van der Waals surface area (Å²) in [6.45, 7) is 8.98. The third kappa shape index (κ3) is 9.04. The molecule has 0 aliphatic carbocycles. The first kappa shape index (κ1) is 16.3. The van der Waals surface area contributed by atoms with Crippen LogP contribution in [0.3, 0.4) is 0 Å². The summed E-state index contributed by atoms with van der Waals surface area (Å²) in [4.78, 5) is 3.72. The van der Waals surface area contributed by atoms with Crippen molar-refractivity contribution in [2.75, 3.05) is 19.9 Å². The molecule has 0 aromatic carbocycles. The molecule has 3 heteroatoms. The van der Waals surface area contributed by atoms with Gasteiger partial charge in [0.05, 0.1) is 13.3 Å². The lowest BCUT2D eigenvalue weighted by Crippen LogP contribution is -2.16. The summed E-state index contributed by atoms with van der Waals surface area (Å²) in [6.07, 6.45) is 8.44. The highest BCUT2D eigenvalue weighted by molar-refractivity contribution is 5.22. The highest BCUT2D eigenvalue weighted by atomic mass is 19.1. The number of rotatable bonds is 11. The quantitative estimate of drug-likeness (QED) is 0.334. The van der Waals surface area contributed by atoms with Gasteiger partial charge in [0.2, 0.25) is 0 Å². The molecule has 0 aromatic rings. The van der Waals surface area contributed by atoms with Crippen molar-refractivity contribution in [2.24, 2.45) is 16.8 Å².